The summed E-state index contributed by atoms with van der Waals surface area (Å²) in [6, 6.07) is 50.2. The number of rotatable bonds is 1. The Bertz CT molecular complexity index is 2490. The van der Waals surface area contributed by atoms with Gasteiger partial charge in [0.25, 0.3) is 0 Å². The van der Waals surface area contributed by atoms with E-state index in [-0.39, 0.29) is 0 Å². The molecule has 0 saturated carbocycles. The first-order valence-electron chi connectivity index (χ1n) is 15.2. The molecule has 7 aromatic carbocycles. The molecular weight excluding hydrogens is 544 g/mol. The van der Waals surface area contributed by atoms with Crippen LogP contribution >= 0.6 is 0 Å². The highest BCUT2D eigenvalue weighted by Gasteiger charge is 2.53. The van der Waals surface area contributed by atoms with E-state index in [0.717, 1.165) is 11.1 Å². The van der Waals surface area contributed by atoms with Gasteiger partial charge in [-0.05, 0) is 113 Å². The Hall–Kier alpha value is -6.22. The van der Waals surface area contributed by atoms with Gasteiger partial charge in [0, 0.05) is 5.56 Å². The van der Waals surface area contributed by atoms with Gasteiger partial charge in [0.2, 0.25) is 0 Å². The van der Waals surface area contributed by atoms with Crippen LogP contribution in [-0.4, -0.2) is 0 Å². The van der Waals surface area contributed by atoms with E-state index in [1.165, 1.54) is 77.5 Å². The van der Waals surface area contributed by atoms with Crippen LogP contribution in [0.5, 0.6) is 0 Å². The van der Waals surface area contributed by atoms with Crippen molar-refractivity contribution in [1.29, 1.82) is 5.26 Å². The van der Waals surface area contributed by atoms with Crippen LogP contribution in [-0.2, 0) is 5.41 Å². The SMILES string of the molecule is [C-]#[N+]c1cc(C#N)cc(-c2c3c(cc4c2-c2ccccc2C42c4ccccc4-c4ccccc42)-c2cccc4cccc-3c24)c1. The van der Waals surface area contributed by atoms with Gasteiger partial charge in [-0.1, -0.05) is 109 Å². The zero-order chi connectivity index (χ0) is 29.9. The molecule has 0 N–H and O–H groups in total. The first-order valence-corrected chi connectivity index (χ1v) is 15.2. The molecule has 2 heteroatoms. The van der Waals surface area contributed by atoms with Crippen LogP contribution < -0.4 is 0 Å². The van der Waals surface area contributed by atoms with Gasteiger partial charge in [-0.3, -0.25) is 0 Å². The van der Waals surface area contributed by atoms with E-state index in [0.29, 0.717) is 11.3 Å². The van der Waals surface area contributed by atoms with E-state index in [1.54, 1.807) is 6.07 Å². The minimum Gasteiger partial charge on any atom is -0.238 e. The summed E-state index contributed by atoms with van der Waals surface area (Å²) in [6.45, 7) is 7.90. The summed E-state index contributed by atoms with van der Waals surface area (Å²) in [5.41, 5.74) is 17.3. The molecule has 0 atom stereocenters. The van der Waals surface area contributed by atoms with Gasteiger partial charge >= 0.3 is 0 Å². The number of nitrogens with zero attached hydrogens (tertiary/aromatic N) is 2. The number of hydrogen-bond acceptors (Lipinski definition) is 1. The van der Waals surface area contributed by atoms with Gasteiger partial charge in [-0.2, -0.15) is 5.26 Å². The predicted octanol–water partition coefficient (Wildman–Crippen LogP) is 10.9. The van der Waals surface area contributed by atoms with Crippen molar-refractivity contribution in [2.75, 3.05) is 0 Å². The Morgan fingerprint density at radius 3 is 1.78 bits per heavy atom. The number of benzene rings is 7. The Kier molecular flexibility index (Phi) is 4.55. The predicted molar refractivity (Wildman–Crippen MR) is 181 cm³/mol. The molecule has 7 aromatic rings. The molecule has 1 spiro atoms. The van der Waals surface area contributed by atoms with E-state index in [4.69, 9.17) is 6.57 Å². The average Bonchev–Trinajstić information content (AvgIpc) is 3.70. The summed E-state index contributed by atoms with van der Waals surface area (Å²) in [7, 11) is 0. The second kappa shape index (κ2) is 8.45. The van der Waals surface area contributed by atoms with Crippen molar-refractivity contribution >= 4 is 16.5 Å². The molecule has 0 aromatic heterocycles. The second-order valence-corrected chi connectivity index (χ2v) is 12.2. The lowest BCUT2D eigenvalue weighted by molar-refractivity contribution is 0.794. The topological polar surface area (TPSA) is 28.1 Å². The molecule has 0 bridgehead atoms. The lowest BCUT2D eigenvalue weighted by Crippen LogP contribution is -2.26. The van der Waals surface area contributed by atoms with Crippen molar-refractivity contribution in [3.05, 3.63) is 173 Å². The first kappa shape index (κ1) is 24.2. The number of nitriles is 1. The van der Waals surface area contributed by atoms with Gasteiger partial charge < -0.3 is 0 Å². The molecular formula is C43H22N2. The van der Waals surface area contributed by atoms with Crippen LogP contribution in [0.4, 0.5) is 5.69 Å². The molecule has 0 heterocycles. The molecule has 45 heavy (non-hydrogen) atoms. The zero-order valence-electron chi connectivity index (χ0n) is 24.1. The molecule has 3 aliphatic rings. The molecule has 0 unspecified atom stereocenters. The fourth-order valence-electron chi connectivity index (χ4n) is 8.69. The highest BCUT2D eigenvalue weighted by atomic mass is 14.6. The lowest BCUT2D eigenvalue weighted by atomic mass is 9.69. The number of fused-ring (bicyclic) bond motifs is 13. The minimum absolute atomic E-state index is 0.474. The Labute approximate surface area is 260 Å². The fraction of sp³-hybridized carbons (Fsp3) is 0.0233. The standard InChI is InChI=1S/C43H22N2/c1-45-28-21-25(24-44)20-27(22-28)40-41-33-16-9-11-26-10-8-15-31(39(26)33)34(41)23-38-42(40)32-14-4-7-19-37(32)43(38)35-17-5-2-12-29(35)30-13-3-6-18-36(30)43/h2-23H. The molecule has 0 fully saturated rings. The summed E-state index contributed by atoms with van der Waals surface area (Å²) in [5, 5.41) is 12.5. The van der Waals surface area contributed by atoms with E-state index < -0.39 is 5.41 Å². The fourth-order valence-corrected chi connectivity index (χ4v) is 8.69. The van der Waals surface area contributed by atoms with Crippen molar-refractivity contribution in [2.24, 2.45) is 0 Å². The van der Waals surface area contributed by atoms with Crippen molar-refractivity contribution < 1.29 is 0 Å². The van der Waals surface area contributed by atoms with E-state index in [9.17, 15) is 5.26 Å². The molecule has 0 aliphatic heterocycles. The van der Waals surface area contributed by atoms with E-state index >= 15 is 0 Å². The van der Waals surface area contributed by atoms with Crippen molar-refractivity contribution in [1.82, 2.24) is 0 Å². The third-order valence-electron chi connectivity index (χ3n) is 10.2. The van der Waals surface area contributed by atoms with Crippen LogP contribution in [0.1, 0.15) is 27.8 Å². The maximum Gasteiger partial charge on any atom is 0.189 e. The Balaban J connectivity index is 1.46. The Morgan fingerprint density at radius 1 is 0.511 bits per heavy atom. The van der Waals surface area contributed by atoms with E-state index in [1.807, 2.05) is 12.1 Å². The van der Waals surface area contributed by atoms with Gasteiger partial charge in [0.1, 0.15) is 0 Å². The summed E-state index contributed by atoms with van der Waals surface area (Å²) in [6.07, 6.45) is 0. The molecule has 2 nitrogen and oxygen atoms in total. The summed E-state index contributed by atoms with van der Waals surface area (Å²) < 4.78 is 0. The Morgan fingerprint density at radius 2 is 1.11 bits per heavy atom. The summed E-state index contributed by atoms with van der Waals surface area (Å²) >= 11 is 0. The normalized spacial score (nSPS) is 13.5. The quantitative estimate of drug-likeness (QED) is 0.182. The smallest absolute Gasteiger partial charge is 0.189 e. The van der Waals surface area contributed by atoms with Gasteiger partial charge in [0.05, 0.1) is 18.1 Å². The molecule has 204 valence electrons. The van der Waals surface area contributed by atoms with Gasteiger partial charge in [-0.25, -0.2) is 4.85 Å². The van der Waals surface area contributed by atoms with Crippen molar-refractivity contribution in [2.45, 2.75) is 5.41 Å². The van der Waals surface area contributed by atoms with E-state index in [2.05, 4.69) is 126 Å². The van der Waals surface area contributed by atoms with Crippen molar-refractivity contribution in [3.63, 3.8) is 0 Å². The van der Waals surface area contributed by atoms with Crippen LogP contribution in [0.25, 0.3) is 71.3 Å². The molecule has 10 rings (SSSR count). The molecule has 0 saturated heterocycles. The van der Waals surface area contributed by atoms with Crippen molar-refractivity contribution in [3.8, 4) is 61.7 Å². The highest BCUT2D eigenvalue weighted by molar-refractivity contribution is 6.21. The van der Waals surface area contributed by atoms with Crippen LogP contribution in [0, 0.1) is 17.9 Å². The lowest BCUT2D eigenvalue weighted by Gasteiger charge is -2.31. The molecule has 0 radical (unpaired) electrons. The highest BCUT2D eigenvalue weighted by Crippen LogP contribution is 2.67. The summed E-state index contributed by atoms with van der Waals surface area (Å²) in [4.78, 5) is 3.80. The minimum atomic E-state index is -0.499. The molecule has 0 amide bonds. The third-order valence-corrected chi connectivity index (χ3v) is 10.2. The van der Waals surface area contributed by atoms with Gasteiger partial charge in [0.15, 0.2) is 5.69 Å². The van der Waals surface area contributed by atoms with Crippen LogP contribution in [0.3, 0.4) is 0 Å². The first-order chi connectivity index (χ1) is 22.2. The van der Waals surface area contributed by atoms with Gasteiger partial charge in [-0.15, -0.1) is 0 Å². The maximum absolute atomic E-state index is 10.1. The second-order valence-electron chi connectivity index (χ2n) is 12.2. The zero-order valence-corrected chi connectivity index (χ0v) is 24.1. The molecule has 3 aliphatic carbocycles. The third kappa shape index (κ3) is 2.83. The average molecular weight is 567 g/mol. The van der Waals surface area contributed by atoms with Crippen LogP contribution in [0.15, 0.2) is 133 Å². The van der Waals surface area contributed by atoms with Crippen LogP contribution in [0.2, 0.25) is 0 Å². The largest absolute Gasteiger partial charge is 0.238 e. The summed E-state index contributed by atoms with van der Waals surface area (Å²) in [5.74, 6) is 0. The maximum atomic E-state index is 10.1. The monoisotopic (exact) mass is 566 g/mol. The number of hydrogen-bond donors (Lipinski definition) is 0.